The van der Waals surface area contributed by atoms with Crippen LogP contribution in [0.4, 0.5) is 4.79 Å². The molecule has 2 amide bonds. The van der Waals surface area contributed by atoms with Crippen molar-refractivity contribution in [2.45, 2.75) is 38.0 Å². The summed E-state index contributed by atoms with van der Waals surface area (Å²) in [7, 11) is 0. The first kappa shape index (κ1) is 13.1. The van der Waals surface area contributed by atoms with E-state index in [1.807, 2.05) is 37.3 Å². The lowest BCUT2D eigenvalue weighted by molar-refractivity contribution is 0.0212. The minimum Gasteiger partial charge on any atom is -0.385 e. The number of carbonyl (C=O) groups excluding carboxylic acids is 1. The molecule has 20 heavy (non-hydrogen) atoms. The number of nitrogens with zero attached hydrogens (tertiary/aromatic N) is 2. The van der Waals surface area contributed by atoms with Gasteiger partial charge in [-0.25, -0.2) is 4.79 Å². The van der Waals surface area contributed by atoms with E-state index >= 15 is 0 Å². The summed E-state index contributed by atoms with van der Waals surface area (Å²) in [5.74, 6) is 0.366. The second-order valence-electron chi connectivity index (χ2n) is 5.50. The number of ether oxygens (including phenoxy) is 1. The van der Waals surface area contributed by atoms with Crippen molar-refractivity contribution >= 4 is 11.9 Å². The number of nitrogens with two attached hydrogens (primary N) is 1. The quantitative estimate of drug-likeness (QED) is 0.914. The number of rotatable bonds is 3. The number of urea groups is 1. The van der Waals surface area contributed by atoms with Crippen LogP contribution in [-0.2, 0) is 11.3 Å². The first-order valence-corrected chi connectivity index (χ1v) is 6.94. The summed E-state index contributed by atoms with van der Waals surface area (Å²) < 4.78 is 5.77. The molecule has 5 heteroatoms. The number of amides is 2. The third-order valence-electron chi connectivity index (χ3n) is 4.27. The van der Waals surface area contributed by atoms with Crippen molar-refractivity contribution in [1.29, 1.82) is 0 Å². The molecule has 2 atom stereocenters. The minimum atomic E-state index is -0.635. The third-order valence-corrected chi connectivity index (χ3v) is 4.27. The SMILES string of the molecule is CC1(C2CCCO2)C(N)=NC(=O)N1Cc1ccccc1. The highest BCUT2D eigenvalue weighted by Crippen LogP contribution is 2.34. The van der Waals surface area contributed by atoms with Gasteiger partial charge in [-0.05, 0) is 25.3 Å². The molecule has 1 fully saturated rings. The molecule has 1 aromatic rings. The number of hydrogen-bond donors (Lipinski definition) is 1. The summed E-state index contributed by atoms with van der Waals surface area (Å²) in [6, 6.07) is 9.60. The maximum absolute atomic E-state index is 12.2. The van der Waals surface area contributed by atoms with Gasteiger partial charge in [-0.15, -0.1) is 0 Å². The van der Waals surface area contributed by atoms with Crippen molar-refractivity contribution < 1.29 is 9.53 Å². The van der Waals surface area contributed by atoms with Gasteiger partial charge >= 0.3 is 6.03 Å². The predicted octanol–water partition coefficient (Wildman–Crippen LogP) is 1.92. The van der Waals surface area contributed by atoms with E-state index in [0.717, 1.165) is 25.0 Å². The Balaban J connectivity index is 1.89. The van der Waals surface area contributed by atoms with Crippen molar-refractivity contribution in [3.05, 3.63) is 35.9 Å². The van der Waals surface area contributed by atoms with Crippen LogP contribution in [0.5, 0.6) is 0 Å². The van der Waals surface area contributed by atoms with E-state index < -0.39 is 5.54 Å². The van der Waals surface area contributed by atoms with Crippen LogP contribution in [0.25, 0.3) is 0 Å². The van der Waals surface area contributed by atoms with Crippen LogP contribution < -0.4 is 5.73 Å². The molecule has 0 radical (unpaired) electrons. The lowest BCUT2D eigenvalue weighted by Crippen LogP contribution is -2.59. The van der Waals surface area contributed by atoms with Gasteiger partial charge in [-0.1, -0.05) is 30.3 Å². The van der Waals surface area contributed by atoms with E-state index in [4.69, 9.17) is 10.5 Å². The second kappa shape index (κ2) is 4.90. The molecule has 1 saturated heterocycles. The van der Waals surface area contributed by atoms with Crippen LogP contribution in [0.2, 0.25) is 0 Å². The summed E-state index contributed by atoms with van der Waals surface area (Å²) in [5, 5.41) is 0. The molecule has 0 aliphatic carbocycles. The lowest BCUT2D eigenvalue weighted by atomic mass is 9.90. The number of carbonyl (C=O) groups is 1. The Morgan fingerprint density at radius 2 is 2.20 bits per heavy atom. The topological polar surface area (TPSA) is 67.9 Å². The zero-order chi connectivity index (χ0) is 14.2. The van der Waals surface area contributed by atoms with Crippen LogP contribution in [0, 0.1) is 0 Å². The van der Waals surface area contributed by atoms with Crippen molar-refractivity contribution in [3.63, 3.8) is 0 Å². The summed E-state index contributed by atoms with van der Waals surface area (Å²) in [4.78, 5) is 17.9. The summed E-state index contributed by atoms with van der Waals surface area (Å²) in [6.07, 6.45) is 1.84. The molecular weight excluding hydrogens is 254 g/mol. The fraction of sp³-hybridized carbons (Fsp3) is 0.467. The summed E-state index contributed by atoms with van der Waals surface area (Å²) >= 11 is 0. The van der Waals surface area contributed by atoms with E-state index in [1.165, 1.54) is 0 Å². The third kappa shape index (κ3) is 1.98. The molecule has 106 valence electrons. The number of benzene rings is 1. The second-order valence-corrected chi connectivity index (χ2v) is 5.50. The van der Waals surface area contributed by atoms with E-state index in [0.29, 0.717) is 12.4 Å². The Morgan fingerprint density at radius 1 is 1.45 bits per heavy atom. The van der Waals surface area contributed by atoms with Crippen LogP contribution in [0.3, 0.4) is 0 Å². The molecule has 2 unspecified atom stereocenters. The highest BCUT2D eigenvalue weighted by Gasteiger charge is 2.51. The van der Waals surface area contributed by atoms with Crippen LogP contribution >= 0.6 is 0 Å². The maximum atomic E-state index is 12.2. The highest BCUT2D eigenvalue weighted by molar-refractivity contribution is 6.06. The summed E-state index contributed by atoms with van der Waals surface area (Å²) in [5.41, 5.74) is 6.46. The first-order valence-electron chi connectivity index (χ1n) is 6.94. The van der Waals surface area contributed by atoms with E-state index in [1.54, 1.807) is 4.90 Å². The fourth-order valence-electron chi connectivity index (χ4n) is 2.97. The van der Waals surface area contributed by atoms with Gasteiger partial charge in [0.1, 0.15) is 11.4 Å². The Bertz CT molecular complexity index is 537. The maximum Gasteiger partial charge on any atom is 0.346 e. The highest BCUT2D eigenvalue weighted by atomic mass is 16.5. The molecule has 2 N–H and O–H groups in total. The fourth-order valence-corrected chi connectivity index (χ4v) is 2.97. The Morgan fingerprint density at radius 3 is 2.85 bits per heavy atom. The molecule has 0 bridgehead atoms. The van der Waals surface area contributed by atoms with Gasteiger partial charge in [0.25, 0.3) is 0 Å². The normalized spacial score (nSPS) is 29.9. The predicted molar refractivity (Wildman–Crippen MR) is 76.4 cm³/mol. The average Bonchev–Trinajstić information content (AvgIpc) is 3.05. The number of aliphatic imine (C=N–C) groups is 1. The number of amidine groups is 1. The molecule has 1 aromatic carbocycles. The van der Waals surface area contributed by atoms with Gasteiger partial charge in [-0.3, -0.25) is 0 Å². The molecule has 5 nitrogen and oxygen atoms in total. The van der Waals surface area contributed by atoms with Gasteiger partial charge in [0, 0.05) is 13.2 Å². The Labute approximate surface area is 118 Å². The number of hydrogen-bond acceptors (Lipinski definition) is 3. The van der Waals surface area contributed by atoms with E-state index in [9.17, 15) is 4.79 Å². The lowest BCUT2D eigenvalue weighted by Gasteiger charge is -2.38. The molecule has 2 heterocycles. The standard InChI is InChI=1S/C15H19N3O2/c1-15(12-8-5-9-20-12)13(16)17-14(19)18(15)10-11-6-3-2-4-7-11/h2-4,6-7,12H,5,8-10H2,1H3,(H2,16,17,19). The van der Waals surface area contributed by atoms with Crippen molar-refractivity contribution in [2.24, 2.45) is 10.7 Å². The molecule has 2 aliphatic rings. The van der Waals surface area contributed by atoms with Crippen LogP contribution in [-0.4, -0.2) is 35.0 Å². The molecule has 3 rings (SSSR count). The van der Waals surface area contributed by atoms with Crippen LogP contribution in [0.1, 0.15) is 25.3 Å². The largest absolute Gasteiger partial charge is 0.385 e. The molecule has 0 saturated carbocycles. The van der Waals surface area contributed by atoms with Crippen molar-refractivity contribution in [2.75, 3.05) is 6.61 Å². The van der Waals surface area contributed by atoms with Gasteiger partial charge in [-0.2, -0.15) is 4.99 Å². The molecule has 0 aromatic heterocycles. The zero-order valence-electron chi connectivity index (χ0n) is 11.6. The van der Waals surface area contributed by atoms with Gasteiger partial charge in [0.2, 0.25) is 0 Å². The Kier molecular flexibility index (Phi) is 3.22. The summed E-state index contributed by atoms with van der Waals surface area (Å²) in [6.45, 7) is 3.18. The molecule has 0 spiro atoms. The van der Waals surface area contributed by atoms with Crippen LogP contribution in [0.15, 0.2) is 35.3 Å². The van der Waals surface area contributed by atoms with Gasteiger partial charge in [0.15, 0.2) is 0 Å². The first-order chi connectivity index (χ1) is 9.62. The molecule has 2 aliphatic heterocycles. The van der Waals surface area contributed by atoms with Gasteiger partial charge in [0.05, 0.1) is 6.10 Å². The van der Waals surface area contributed by atoms with Crippen molar-refractivity contribution in [3.8, 4) is 0 Å². The smallest absolute Gasteiger partial charge is 0.346 e. The zero-order valence-corrected chi connectivity index (χ0v) is 11.6. The van der Waals surface area contributed by atoms with E-state index in [2.05, 4.69) is 4.99 Å². The Hall–Kier alpha value is -1.88. The van der Waals surface area contributed by atoms with E-state index in [-0.39, 0.29) is 12.1 Å². The average molecular weight is 273 g/mol. The minimum absolute atomic E-state index is 0.0681. The molecular formula is C15H19N3O2. The van der Waals surface area contributed by atoms with Gasteiger partial charge < -0.3 is 15.4 Å². The monoisotopic (exact) mass is 273 g/mol. The van der Waals surface area contributed by atoms with Crippen molar-refractivity contribution in [1.82, 2.24) is 4.90 Å².